The second kappa shape index (κ2) is 6.73. The highest BCUT2D eigenvalue weighted by Crippen LogP contribution is 2.28. The van der Waals surface area contributed by atoms with Crippen LogP contribution in [0.2, 0.25) is 0 Å². The molecule has 21 heavy (non-hydrogen) atoms. The Hall–Kier alpha value is -0.500. The van der Waals surface area contributed by atoms with Crippen LogP contribution in [-0.4, -0.2) is 32.5 Å². The molecule has 0 aliphatic heterocycles. The topological polar surface area (TPSA) is 71.3 Å². The molecule has 0 bridgehead atoms. The molecule has 1 aliphatic rings. The van der Waals surface area contributed by atoms with Gasteiger partial charge in [0.05, 0.1) is 0 Å². The van der Waals surface area contributed by atoms with Gasteiger partial charge in [-0.15, -0.1) is 0 Å². The summed E-state index contributed by atoms with van der Waals surface area (Å²) in [6, 6.07) is 0.527. The van der Waals surface area contributed by atoms with Gasteiger partial charge in [0, 0.05) is 29.9 Å². The lowest BCUT2D eigenvalue weighted by Crippen LogP contribution is -2.31. The number of hydrogen-bond acceptors (Lipinski definition) is 5. The minimum atomic E-state index is -3.53. The van der Waals surface area contributed by atoms with Crippen LogP contribution in [0, 0.1) is 13.8 Å². The van der Waals surface area contributed by atoms with Crippen molar-refractivity contribution in [3.63, 3.8) is 0 Å². The number of furan rings is 1. The van der Waals surface area contributed by atoms with E-state index in [1.807, 2.05) is 20.1 Å². The molecule has 1 aromatic rings. The summed E-state index contributed by atoms with van der Waals surface area (Å²) in [5.41, 5.74) is 0.753. The van der Waals surface area contributed by atoms with Gasteiger partial charge in [0.2, 0.25) is 10.0 Å². The molecule has 1 atom stereocenters. The lowest BCUT2D eigenvalue weighted by atomic mass is 10.2. The Morgan fingerprint density at radius 1 is 1.33 bits per heavy atom. The molecular weight excluding hydrogens is 308 g/mol. The number of aryl methyl sites for hydroxylation is 2. The first kappa shape index (κ1) is 16.9. The molecule has 1 aromatic heterocycles. The van der Waals surface area contributed by atoms with E-state index < -0.39 is 10.0 Å². The Morgan fingerprint density at radius 2 is 2.00 bits per heavy atom. The van der Waals surface area contributed by atoms with Gasteiger partial charge in [-0.2, -0.15) is 11.8 Å². The third kappa shape index (κ3) is 4.25. The van der Waals surface area contributed by atoms with Crippen LogP contribution in [0.3, 0.4) is 0 Å². The molecule has 0 aromatic carbocycles. The third-order valence-corrected chi connectivity index (χ3v) is 6.29. The van der Waals surface area contributed by atoms with Gasteiger partial charge >= 0.3 is 0 Å². The Labute approximate surface area is 131 Å². The smallest absolute Gasteiger partial charge is 0.244 e. The van der Waals surface area contributed by atoms with E-state index in [1.165, 1.54) is 12.8 Å². The standard InChI is InChI=1S/C14H24N2O3S2/c1-9(20-4)7-16-21(17,18)14-11(3)19-10(2)13(14)8-15-12-5-6-12/h9,12,15-16H,5-8H2,1-4H3. The molecule has 1 saturated carbocycles. The quantitative estimate of drug-likeness (QED) is 0.763. The van der Waals surface area contributed by atoms with Gasteiger partial charge < -0.3 is 9.73 Å². The van der Waals surface area contributed by atoms with E-state index in [2.05, 4.69) is 10.0 Å². The highest BCUT2D eigenvalue weighted by atomic mass is 32.2. The van der Waals surface area contributed by atoms with E-state index in [0.29, 0.717) is 35.5 Å². The van der Waals surface area contributed by atoms with Crippen molar-refractivity contribution in [1.29, 1.82) is 0 Å². The zero-order valence-corrected chi connectivity index (χ0v) is 14.7. The Balaban J connectivity index is 2.19. The average molecular weight is 332 g/mol. The van der Waals surface area contributed by atoms with E-state index in [0.717, 1.165) is 5.56 Å². The fourth-order valence-electron chi connectivity index (χ4n) is 2.18. The molecule has 0 amide bonds. The number of rotatable bonds is 8. The van der Waals surface area contributed by atoms with E-state index >= 15 is 0 Å². The van der Waals surface area contributed by atoms with Crippen molar-refractivity contribution in [1.82, 2.24) is 10.0 Å². The zero-order chi connectivity index (χ0) is 15.6. The van der Waals surface area contributed by atoms with Crippen molar-refractivity contribution in [2.45, 2.75) is 56.3 Å². The van der Waals surface area contributed by atoms with E-state index in [1.54, 1.807) is 18.7 Å². The minimum absolute atomic E-state index is 0.237. The van der Waals surface area contributed by atoms with Crippen molar-refractivity contribution in [3.8, 4) is 0 Å². The minimum Gasteiger partial charge on any atom is -0.465 e. The average Bonchev–Trinajstić information content (AvgIpc) is 3.19. The lowest BCUT2D eigenvalue weighted by molar-refractivity contribution is 0.492. The van der Waals surface area contributed by atoms with Gasteiger partial charge in [-0.05, 0) is 32.9 Å². The molecular formula is C14H24N2O3S2. The van der Waals surface area contributed by atoms with Crippen LogP contribution in [0.4, 0.5) is 0 Å². The summed E-state index contributed by atoms with van der Waals surface area (Å²) in [6.07, 6.45) is 4.31. The van der Waals surface area contributed by atoms with Crippen LogP contribution in [0.25, 0.3) is 0 Å². The largest absolute Gasteiger partial charge is 0.465 e. The van der Waals surface area contributed by atoms with E-state index in [9.17, 15) is 8.42 Å². The molecule has 1 heterocycles. The molecule has 1 fully saturated rings. The maximum absolute atomic E-state index is 12.6. The fraction of sp³-hybridized carbons (Fsp3) is 0.714. The lowest BCUT2D eigenvalue weighted by Gasteiger charge is -2.12. The summed E-state index contributed by atoms with van der Waals surface area (Å²) in [7, 11) is -3.53. The summed E-state index contributed by atoms with van der Waals surface area (Å²) in [5, 5.41) is 3.60. The second-order valence-electron chi connectivity index (χ2n) is 5.58. The van der Waals surface area contributed by atoms with Gasteiger partial charge in [-0.25, -0.2) is 13.1 Å². The highest BCUT2D eigenvalue weighted by Gasteiger charge is 2.28. The molecule has 7 heteroatoms. The van der Waals surface area contributed by atoms with E-state index in [4.69, 9.17) is 4.42 Å². The first-order valence-electron chi connectivity index (χ1n) is 7.20. The normalized spacial score (nSPS) is 17.1. The molecule has 5 nitrogen and oxygen atoms in total. The molecule has 120 valence electrons. The molecule has 0 saturated heterocycles. The van der Waals surface area contributed by atoms with Gasteiger partial charge in [-0.1, -0.05) is 6.92 Å². The molecule has 2 N–H and O–H groups in total. The second-order valence-corrected chi connectivity index (χ2v) is 8.56. The Kier molecular flexibility index (Phi) is 5.40. The van der Waals surface area contributed by atoms with Crippen molar-refractivity contribution < 1.29 is 12.8 Å². The van der Waals surface area contributed by atoms with Gasteiger partial charge in [0.15, 0.2) is 0 Å². The van der Waals surface area contributed by atoms with Crippen molar-refractivity contribution >= 4 is 21.8 Å². The van der Waals surface area contributed by atoms with Crippen LogP contribution < -0.4 is 10.0 Å². The summed E-state index contributed by atoms with van der Waals surface area (Å²) < 4.78 is 33.4. The molecule has 0 spiro atoms. The summed E-state index contributed by atoms with van der Waals surface area (Å²) in [6.45, 7) is 6.49. The number of thioether (sulfide) groups is 1. The van der Waals surface area contributed by atoms with Gasteiger partial charge in [0.25, 0.3) is 0 Å². The fourth-order valence-corrected chi connectivity index (χ4v) is 4.11. The van der Waals surface area contributed by atoms with Crippen LogP contribution in [0.5, 0.6) is 0 Å². The predicted octanol–water partition coefficient (Wildman–Crippen LogP) is 2.18. The molecule has 1 unspecified atom stereocenters. The monoisotopic (exact) mass is 332 g/mol. The highest BCUT2D eigenvalue weighted by molar-refractivity contribution is 7.99. The van der Waals surface area contributed by atoms with Gasteiger partial charge in [-0.3, -0.25) is 0 Å². The maximum Gasteiger partial charge on any atom is 0.244 e. The van der Waals surface area contributed by atoms with Crippen LogP contribution in [0.15, 0.2) is 9.31 Å². The van der Waals surface area contributed by atoms with E-state index in [-0.39, 0.29) is 5.25 Å². The molecule has 1 aliphatic carbocycles. The first-order chi connectivity index (χ1) is 9.85. The van der Waals surface area contributed by atoms with Gasteiger partial charge in [0.1, 0.15) is 16.4 Å². The molecule has 0 radical (unpaired) electrons. The SMILES string of the molecule is CSC(C)CNS(=O)(=O)c1c(C)oc(C)c1CNC1CC1. The summed E-state index contributed by atoms with van der Waals surface area (Å²) in [4.78, 5) is 0.307. The third-order valence-electron chi connectivity index (χ3n) is 3.70. The van der Waals surface area contributed by atoms with Crippen LogP contribution >= 0.6 is 11.8 Å². The number of sulfonamides is 1. The van der Waals surface area contributed by atoms with Crippen molar-refractivity contribution in [2.24, 2.45) is 0 Å². The van der Waals surface area contributed by atoms with Crippen LogP contribution in [-0.2, 0) is 16.6 Å². The Morgan fingerprint density at radius 3 is 2.57 bits per heavy atom. The van der Waals surface area contributed by atoms with Crippen LogP contribution in [0.1, 0.15) is 36.8 Å². The number of nitrogens with one attached hydrogen (secondary N) is 2. The first-order valence-corrected chi connectivity index (χ1v) is 9.97. The number of hydrogen-bond donors (Lipinski definition) is 2. The summed E-state index contributed by atoms with van der Waals surface area (Å²) in [5.74, 6) is 1.14. The van der Waals surface area contributed by atoms with Crippen molar-refractivity contribution in [3.05, 3.63) is 17.1 Å². The maximum atomic E-state index is 12.6. The van der Waals surface area contributed by atoms with Crippen molar-refractivity contribution in [2.75, 3.05) is 12.8 Å². The predicted molar refractivity (Wildman–Crippen MR) is 86.2 cm³/mol. The Bertz CT molecular complexity index is 592. The summed E-state index contributed by atoms with van der Waals surface area (Å²) >= 11 is 1.63. The molecule has 2 rings (SSSR count). The zero-order valence-electron chi connectivity index (χ0n) is 13.0.